The van der Waals surface area contributed by atoms with Crippen molar-refractivity contribution in [3.8, 4) is 5.75 Å². The molecule has 0 aliphatic heterocycles. The Morgan fingerprint density at radius 1 is 1.41 bits per heavy atom. The van der Waals surface area contributed by atoms with Gasteiger partial charge in [0.1, 0.15) is 5.75 Å². The van der Waals surface area contributed by atoms with Crippen LogP contribution < -0.4 is 10.5 Å². The van der Waals surface area contributed by atoms with Crippen molar-refractivity contribution in [1.82, 2.24) is 4.98 Å². The van der Waals surface area contributed by atoms with Crippen molar-refractivity contribution in [3.05, 3.63) is 23.9 Å². The summed E-state index contributed by atoms with van der Waals surface area (Å²) in [6.07, 6.45) is 1.97. The molecule has 17 heavy (non-hydrogen) atoms. The van der Waals surface area contributed by atoms with Gasteiger partial charge in [0.25, 0.3) is 0 Å². The van der Waals surface area contributed by atoms with Crippen molar-refractivity contribution in [1.29, 1.82) is 0 Å². The average molecular weight is 234 g/mol. The number of hydrogen-bond acceptors (Lipinski definition) is 4. The topological polar surface area (TPSA) is 77.3 Å². The summed E-state index contributed by atoms with van der Waals surface area (Å²) in [6.45, 7) is 0. The van der Waals surface area contributed by atoms with Gasteiger partial charge in [-0.1, -0.05) is 0 Å². The first kappa shape index (κ1) is 11.3. The van der Waals surface area contributed by atoms with Gasteiger partial charge in [0, 0.05) is 23.3 Å². The van der Waals surface area contributed by atoms with Crippen LogP contribution >= 0.6 is 0 Å². The number of aromatic nitrogens is 1. The molecule has 3 N–H and O–H groups in total. The first-order valence-corrected chi connectivity index (χ1v) is 5.16. The summed E-state index contributed by atoms with van der Waals surface area (Å²) in [7, 11) is 2.94. The van der Waals surface area contributed by atoms with E-state index >= 15 is 0 Å². The molecule has 1 aromatic carbocycles. The fourth-order valence-corrected chi connectivity index (χ4v) is 1.85. The lowest BCUT2D eigenvalue weighted by Gasteiger charge is -2.05. The van der Waals surface area contributed by atoms with Crippen molar-refractivity contribution >= 4 is 22.6 Å². The molecule has 0 atom stereocenters. The van der Waals surface area contributed by atoms with Gasteiger partial charge in [-0.25, -0.2) is 0 Å². The van der Waals surface area contributed by atoms with Crippen LogP contribution in [-0.4, -0.2) is 25.2 Å². The molecule has 5 nitrogen and oxygen atoms in total. The van der Waals surface area contributed by atoms with Crippen LogP contribution in [0.25, 0.3) is 10.9 Å². The SMILES string of the molecule is COC(=O)Cc1c[nH]c2cc(N)cc(OC)c12. The number of hydrogen-bond donors (Lipinski definition) is 2. The molecular weight excluding hydrogens is 220 g/mol. The molecule has 0 radical (unpaired) electrons. The molecule has 5 heteroatoms. The van der Waals surface area contributed by atoms with Gasteiger partial charge in [-0.3, -0.25) is 4.79 Å². The fourth-order valence-electron chi connectivity index (χ4n) is 1.85. The van der Waals surface area contributed by atoms with E-state index in [0.717, 1.165) is 16.5 Å². The predicted molar refractivity (Wildman–Crippen MR) is 65.0 cm³/mol. The Bertz CT molecular complexity index is 560. The summed E-state index contributed by atoms with van der Waals surface area (Å²) >= 11 is 0. The number of fused-ring (bicyclic) bond motifs is 1. The first-order valence-electron chi connectivity index (χ1n) is 5.16. The number of rotatable bonds is 3. The second-order valence-electron chi connectivity index (χ2n) is 3.71. The number of carbonyl (C=O) groups excluding carboxylic acids is 1. The fraction of sp³-hybridized carbons (Fsp3) is 0.250. The average Bonchev–Trinajstić information content (AvgIpc) is 2.71. The van der Waals surface area contributed by atoms with Crippen LogP contribution in [0.1, 0.15) is 5.56 Å². The quantitative estimate of drug-likeness (QED) is 0.622. The Hall–Kier alpha value is -2.17. The highest BCUT2D eigenvalue weighted by molar-refractivity contribution is 5.94. The van der Waals surface area contributed by atoms with Crippen molar-refractivity contribution in [3.63, 3.8) is 0 Å². The summed E-state index contributed by atoms with van der Waals surface area (Å²) in [5, 5.41) is 0.868. The Morgan fingerprint density at radius 3 is 2.82 bits per heavy atom. The molecule has 0 amide bonds. The lowest BCUT2D eigenvalue weighted by atomic mass is 10.1. The lowest BCUT2D eigenvalue weighted by molar-refractivity contribution is -0.139. The minimum atomic E-state index is -0.287. The first-order chi connectivity index (χ1) is 8.15. The van der Waals surface area contributed by atoms with Crippen molar-refractivity contribution in [2.75, 3.05) is 20.0 Å². The van der Waals surface area contributed by atoms with Gasteiger partial charge >= 0.3 is 5.97 Å². The molecule has 0 unspecified atom stereocenters. The Balaban J connectivity index is 2.54. The molecule has 0 saturated carbocycles. The van der Waals surface area contributed by atoms with Crippen molar-refractivity contribution in [2.24, 2.45) is 0 Å². The molecule has 0 saturated heterocycles. The van der Waals surface area contributed by atoms with Crippen LogP contribution in [-0.2, 0) is 16.0 Å². The van der Waals surface area contributed by atoms with Crippen LogP contribution in [0.5, 0.6) is 5.75 Å². The zero-order chi connectivity index (χ0) is 12.4. The van der Waals surface area contributed by atoms with E-state index in [1.807, 2.05) is 0 Å². The zero-order valence-corrected chi connectivity index (χ0v) is 9.74. The number of esters is 1. The number of aromatic amines is 1. The summed E-state index contributed by atoms with van der Waals surface area (Å²) in [4.78, 5) is 14.4. The molecule has 2 aromatic rings. The molecular formula is C12H14N2O3. The number of anilines is 1. The Morgan fingerprint density at radius 2 is 2.18 bits per heavy atom. The normalized spacial score (nSPS) is 10.5. The molecule has 1 aromatic heterocycles. The zero-order valence-electron chi connectivity index (χ0n) is 9.74. The third kappa shape index (κ3) is 2.04. The Labute approximate surface area is 98.5 Å². The standard InChI is InChI=1S/C12H14N2O3/c1-16-10-5-8(13)4-9-12(10)7(6-14-9)3-11(15)17-2/h4-6,14H,3,13H2,1-2H3. The van der Waals surface area contributed by atoms with E-state index in [-0.39, 0.29) is 12.4 Å². The largest absolute Gasteiger partial charge is 0.496 e. The highest BCUT2D eigenvalue weighted by atomic mass is 16.5. The number of ether oxygens (including phenoxy) is 2. The predicted octanol–water partition coefficient (Wildman–Crippen LogP) is 1.47. The number of carbonyl (C=O) groups is 1. The minimum Gasteiger partial charge on any atom is -0.496 e. The van der Waals surface area contributed by atoms with Gasteiger partial charge in [-0.2, -0.15) is 0 Å². The van der Waals surface area contributed by atoms with Crippen LogP contribution in [0, 0.1) is 0 Å². The summed E-state index contributed by atoms with van der Waals surface area (Å²) in [6, 6.07) is 3.54. The van der Waals surface area contributed by atoms with E-state index in [4.69, 9.17) is 10.5 Å². The summed E-state index contributed by atoms with van der Waals surface area (Å²) in [5.41, 5.74) is 8.04. The van der Waals surface area contributed by atoms with E-state index < -0.39 is 0 Å². The number of methoxy groups -OCH3 is 2. The Kier molecular flexibility index (Phi) is 2.91. The molecule has 0 aliphatic carbocycles. The maximum atomic E-state index is 11.3. The molecule has 0 bridgehead atoms. The van der Waals surface area contributed by atoms with Gasteiger partial charge in [0.05, 0.1) is 26.2 Å². The minimum absolute atomic E-state index is 0.205. The molecule has 2 rings (SSSR count). The van der Waals surface area contributed by atoms with E-state index in [1.54, 1.807) is 25.4 Å². The molecule has 0 aliphatic rings. The highest BCUT2D eigenvalue weighted by Gasteiger charge is 2.13. The van der Waals surface area contributed by atoms with Crippen molar-refractivity contribution in [2.45, 2.75) is 6.42 Å². The van der Waals surface area contributed by atoms with E-state index in [1.165, 1.54) is 7.11 Å². The number of nitrogens with two attached hydrogens (primary N) is 1. The molecule has 0 spiro atoms. The summed E-state index contributed by atoms with van der Waals surface area (Å²) in [5.74, 6) is 0.366. The van der Waals surface area contributed by atoms with E-state index in [0.29, 0.717) is 11.4 Å². The van der Waals surface area contributed by atoms with Crippen LogP contribution in [0.3, 0.4) is 0 Å². The molecule has 0 fully saturated rings. The monoisotopic (exact) mass is 234 g/mol. The third-order valence-corrected chi connectivity index (χ3v) is 2.63. The maximum Gasteiger partial charge on any atom is 0.310 e. The van der Waals surface area contributed by atoms with E-state index in [9.17, 15) is 4.79 Å². The smallest absolute Gasteiger partial charge is 0.310 e. The maximum absolute atomic E-state index is 11.3. The van der Waals surface area contributed by atoms with Crippen LogP contribution in [0.15, 0.2) is 18.3 Å². The van der Waals surface area contributed by atoms with Crippen molar-refractivity contribution < 1.29 is 14.3 Å². The van der Waals surface area contributed by atoms with Crippen LogP contribution in [0.4, 0.5) is 5.69 Å². The number of H-pyrrole nitrogens is 1. The van der Waals surface area contributed by atoms with Gasteiger partial charge in [0.15, 0.2) is 0 Å². The third-order valence-electron chi connectivity index (χ3n) is 2.63. The number of nitrogens with one attached hydrogen (secondary N) is 1. The number of benzene rings is 1. The van der Waals surface area contributed by atoms with Crippen LogP contribution in [0.2, 0.25) is 0 Å². The van der Waals surface area contributed by atoms with E-state index in [2.05, 4.69) is 9.72 Å². The van der Waals surface area contributed by atoms with Gasteiger partial charge < -0.3 is 20.2 Å². The highest BCUT2D eigenvalue weighted by Crippen LogP contribution is 2.31. The second kappa shape index (κ2) is 4.37. The lowest BCUT2D eigenvalue weighted by Crippen LogP contribution is -2.04. The summed E-state index contributed by atoms with van der Waals surface area (Å²) < 4.78 is 9.92. The van der Waals surface area contributed by atoms with Gasteiger partial charge in [0.2, 0.25) is 0 Å². The molecule has 90 valence electrons. The second-order valence-corrected chi connectivity index (χ2v) is 3.71. The number of nitrogen functional groups attached to an aromatic ring is 1. The van der Waals surface area contributed by atoms with Gasteiger partial charge in [-0.05, 0) is 11.6 Å². The van der Waals surface area contributed by atoms with Gasteiger partial charge in [-0.15, -0.1) is 0 Å². The molecule has 1 heterocycles.